The molecule has 1 fully saturated rings. The number of nitrogens with zero attached hydrogens (tertiary/aromatic N) is 1. The second kappa shape index (κ2) is 7.98. The Morgan fingerprint density at radius 2 is 1.82 bits per heavy atom. The first kappa shape index (κ1) is 19.2. The van der Waals surface area contributed by atoms with Gasteiger partial charge in [-0.2, -0.15) is 0 Å². The molecule has 0 aliphatic carbocycles. The lowest BCUT2D eigenvalue weighted by atomic mass is 9.96. The molecule has 1 aliphatic heterocycles. The summed E-state index contributed by atoms with van der Waals surface area (Å²) in [5.74, 6) is -2.07. The van der Waals surface area contributed by atoms with E-state index in [0.29, 0.717) is 5.56 Å². The molecule has 0 radical (unpaired) electrons. The zero-order valence-electron chi connectivity index (χ0n) is 14.7. The first-order valence-corrected chi connectivity index (χ1v) is 8.75. The molecule has 6 nitrogen and oxygen atoms in total. The summed E-state index contributed by atoms with van der Waals surface area (Å²) in [5.41, 5.74) is 2.31. The molecule has 140 valence electrons. The number of benzene rings is 2. The van der Waals surface area contributed by atoms with E-state index in [4.69, 9.17) is 17.3 Å². The number of carboxylic acids is 1. The van der Waals surface area contributed by atoms with E-state index in [1.807, 2.05) is 12.1 Å². The normalized spacial score (nSPS) is 15.5. The van der Waals surface area contributed by atoms with Gasteiger partial charge >= 0.3 is 5.97 Å². The van der Waals surface area contributed by atoms with Crippen LogP contribution >= 0.6 is 12.2 Å². The Morgan fingerprint density at radius 3 is 2.46 bits per heavy atom. The molecule has 0 saturated carbocycles. The van der Waals surface area contributed by atoms with Crippen LogP contribution in [0.1, 0.15) is 15.9 Å². The lowest BCUT2D eigenvalue weighted by molar-refractivity contribution is -0.128. The minimum Gasteiger partial charge on any atom is -0.478 e. The van der Waals surface area contributed by atoms with E-state index in [2.05, 4.69) is 11.9 Å². The van der Waals surface area contributed by atoms with Crippen LogP contribution in [0.25, 0.3) is 17.2 Å². The zero-order valence-corrected chi connectivity index (χ0v) is 15.5. The fraction of sp³-hybridized carbons (Fsp3) is 0.0476. The summed E-state index contributed by atoms with van der Waals surface area (Å²) in [6, 6.07) is 13.6. The van der Waals surface area contributed by atoms with Crippen molar-refractivity contribution >= 4 is 41.2 Å². The summed E-state index contributed by atoms with van der Waals surface area (Å²) in [6.07, 6.45) is 3.03. The third-order valence-electron chi connectivity index (χ3n) is 4.20. The number of hydrogen-bond donors (Lipinski definition) is 2. The number of thiocarbonyl (C=S) groups is 1. The minimum atomic E-state index is -1.01. The molecular weight excluding hydrogens is 376 g/mol. The first-order chi connectivity index (χ1) is 13.4. The summed E-state index contributed by atoms with van der Waals surface area (Å²) in [5, 5.41) is 11.6. The SMILES string of the molecule is C=CCN1C(=O)C(=Cc2ccccc2-c2ccc(C(=O)O)cc2)C(=O)NC1=S. The van der Waals surface area contributed by atoms with Crippen LogP contribution in [0, 0.1) is 0 Å². The summed E-state index contributed by atoms with van der Waals surface area (Å²) in [7, 11) is 0. The molecule has 1 heterocycles. The van der Waals surface area contributed by atoms with E-state index in [9.17, 15) is 14.4 Å². The lowest BCUT2D eigenvalue weighted by Crippen LogP contribution is -2.53. The highest BCUT2D eigenvalue weighted by Crippen LogP contribution is 2.27. The average molecular weight is 392 g/mol. The van der Waals surface area contributed by atoms with Gasteiger partial charge in [0.05, 0.1) is 5.56 Å². The Kier molecular flexibility index (Phi) is 5.47. The number of aromatic carboxylic acids is 1. The quantitative estimate of drug-likeness (QED) is 0.354. The smallest absolute Gasteiger partial charge is 0.335 e. The van der Waals surface area contributed by atoms with E-state index >= 15 is 0 Å². The summed E-state index contributed by atoms with van der Waals surface area (Å²) in [4.78, 5) is 37.3. The van der Waals surface area contributed by atoms with Crippen molar-refractivity contribution in [3.05, 3.63) is 77.9 Å². The van der Waals surface area contributed by atoms with Gasteiger partial charge in [0.25, 0.3) is 11.8 Å². The molecule has 2 amide bonds. The maximum absolute atomic E-state index is 12.7. The lowest BCUT2D eigenvalue weighted by Gasteiger charge is -2.27. The number of rotatable bonds is 5. The van der Waals surface area contributed by atoms with Gasteiger partial charge in [0, 0.05) is 6.54 Å². The number of hydrogen-bond acceptors (Lipinski definition) is 4. The van der Waals surface area contributed by atoms with Crippen molar-refractivity contribution < 1.29 is 19.5 Å². The Balaban J connectivity index is 2.03. The minimum absolute atomic E-state index is 0.0370. The second-order valence-electron chi connectivity index (χ2n) is 5.99. The molecule has 2 aromatic carbocycles. The number of carboxylic acid groups (broad SMARTS) is 1. The molecule has 2 aromatic rings. The molecule has 28 heavy (non-hydrogen) atoms. The molecule has 0 atom stereocenters. The highest BCUT2D eigenvalue weighted by Gasteiger charge is 2.32. The van der Waals surface area contributed by atoms with E-state index in [1.165, 1.54) is 29.2 Å². The van der Waals surface area contributed by atoms with Gasteiger partial charge in [0.2, 0.25) is 0 Å². The van der Waals surface area contributed by atoms with Crippen LogP contribution in [0.5, 0.6) is 0 Å². The van der Waals surface area contributed by atoms with Crippen molar-refractivity contribution in [3.63, 3.8) is 0 Å². The van der Waals surface area contributed by atoms with Gasteiger partial charge < -0.3 is 5.11 Å². The molecule has 3 rings (SSSR count). The van der Waals surface area contributed by atoms with Crippen molar-refractivity contribution in [1.82, 2.24) is 10.2 Å². The standard InChI is InChI=1S/C21H16N2O4S/c1-2-11-23-19(25)17(18(24)22-21(23)28)12-15-5-3-4-6-16(15)13-7-9-14(10-8-13)20(26)27/h2-10,12H,1,11H2,(H,26,27)(H,22,24,28). The molecular formula is C21H16N2O4S. The highest BCUT2D eigenvalue weighted by molar-refractivity contribution is 7.80. The van der Waals surface area contributed by atoms with Gasteiger partial charge in [-0.15, -0.1) is 6.58 Å². The third kappa shape index (κ3) is 3.74. The Hall–Kier alpha value is -3.58. The van der Waals surface area contributed by atoms with Crippen LogP contribution in [-0.2, 0) is 9.59 Å². The summed E-state index contributed by atoms with van der Waals surface area (Å²) < 4.78 is 0. The predicted molar refractivity (Wildman–Crippen MR) is 109 cm³/mol. The molecule has 7 heteroatoms. The zero-order chi connectivity index (χ0) is 20.3. The molecule has 2 N–H and O–H groups in total. The fourth-order valence-corrected chi connectivity index (χ4v) is 3.07. The Labute approximate surface area is 166 Å². The summed E-state index contributed by atoms with van der Waals surface area (Å²) in [6.45, 7) is 3.79. The molecule has 0 unspecified atom stereocenters. The second-order valence-corrected chi connectivity index (χ2v) is 6.38. The molecule has 0 aromatic heterocycles. The van der Waals surface area contributed by atoms with E-state index < -0.39 is 17.8 Å². The van der Waals surface area contributed by atoms with Crippen molar-refractivity contribution in [2.75, 3.05) is 6.54 Å². The molecule has 1 saturated heterocycles. The van der Waals surface area contributed by atoms with Crippen molar-refractivity contribution in [2.45, 2.75) is 0 Å². The van der Waals surface area contributed by atoms with Crippen LogP contribution in [-0.4, -0.2) is 39.4 Å². The van der Waals surface area contributed by atoms with E-state index in [-0.39, 0.29) is 22.8 Å². The van der Waals surface area contributed by atoms with Gasteiger partial charge in [-0.1, -0.05) is 42.5 Å². The van der Waals surface area contributed by atoms with Crippen LogP contribution in [0.4, 0.5) is 0 Å². The third-order valence-corrected chi connectivity index (χ3v) is 4.52. The van der Waals surface area contributed by atoms with Gasteiger partial charge in [-0.3, -0.25) is 19.8 Å². The van der Waals surface area contributed by atoms with Crippen molar-refractivity contribution in [3.8, 4) is 11.1 Å². The van der Waals surface area contributed by atoms with Gasteiger partial charge in [0.15, 0.2) is 5.11 Å². The van der Waals surface area contributed by atoms with E-state index in [1.54, 1.807) is 24.3 Å². The van der Waals surface area contributed by atoms with Crippen LogP contribution < -0.4 is 5.32 Å². The topological polar surface area (TPSA) is 86.7 Å². The monoisotopic (exact) mass is 392 g/mol. The first-order valence-electron chi connectivity index (χ1n) is 8.35. The van der Waals surface area contributed by atoms with Crippen molar-refractivity contribution in [2.24, 2.45) is 0 Å². The maximum Gasteiger partial charge on any atom is 0.335 e. The fourth-order valence-electron chi connectivity index (χ4n) is 2.82. The molecule has 0 spiro atoms. The Morgan fingerprint density at radius 1 is 1.14 bits per heavy atom. The van der Waals surface area contributed by atoms with Crippen LogP contribution in [0.15, 0.2) is 66.8 Å². The van der Waals surface area contributed by atoms with Gasteiger partial charge in [-0.05, 0) is 47.1 Å². The molecule has 1 aliphatic rings. The largest absolute Gasteiger partial charge is 0.478 e. The maximum atomic E-state index is 12.7. The van der Waals surface area contributed by atoms with Crippen molar-refractivity contribution in [1.29, 1.82) is 0 Å². The van der Waals surface area contributed by atoms with E-state index in [0.717, 1.165) is 11.1 Å². The molecule has 0 bridgehead atoms. The Bertz CT molecular complexity index is 1020. The van der Waals surface area contributed by atoms with Crippen LogP contribution in [0.2, 0.25) is 0 Å². The number of amides is 2. The number of carbonyl (C=O) groups is 3. The van der Waals surface area contributed by atoms with Gasteiger partial charge in [-0.25, -0.2) is 4.79 Å². The predicted octanol–water partition coefficient (Wildman–Crippen LogP) is 2.86. The van der Waals surface area contributed by atoms with Crippen LogP contribution in [0.3, 0.4) is 0 Å². The summed E-state index contributed by atoms with van der Waals surface area (Å²) >= 11 is 5.05. The average Bonchev–Trinajstić information content (AvgIpc) is 2.69. The number of nitrogens with one attached hydrogen (secondary N) is 1. The van der Waals surface area contributed by atoms with Gasteiger partial charge in [0.1, 0.15) is 5.57 Å². The number of carbonyl (C=O) groups excluding carboxylic acids is 2. The highest BCUT2D eigenvalue weighted by atomic mass is 32.1.